The number of nitrogens with one attached hydrogen (secondary N) is 2. The summed E-state index contributed by atoms with van der Waals surface area (Å²) in [7, 11) is 1.57. The molecule has 1 unspecified atom stereocenters. The lowest BCUT2D eigenvalue weighted by molar-refractivity contribution is -0.128. The van der Waals surface area contributed by atoms with Crippen molar-refractivity contribution in [3.8, 4) is 11.5 Å². The van der Waals surface area contributed by atoms with Crippen LogP contribution < -0.4 is 20.3 Å². The van der Waals surface area contributed by atoms with Gasteiger partial charge in [-0.2, -0.15) is 0 Å². The molecule has 2 amide bonds. The van der Waals surface area contributed by atoms with Crippen LogP contribution in [-0.2, 0) is 4.79 Å². The number of benzene rings is 2. The van der Waals surface area contributed by atoms with Gasteiger partial charge in [0.25, 0.3) is 11.8 Å². The SMILES string of the molecule is COc1ccc(OC(C)C(=O)NNC(=O)c2ccccc2C)cc1. The molecule has 0 aromatic heterocycles. The van der Waals surface area contributed by atoms with Crippen molar-refractivity contribution in [2.45, 2.75) is 20.0 Å². The predicted molar refractivity (Wildman–Crippen MR) is 89.9 cm³/mol. The zero-order chi connectivity index (χ0) is 17.5. The van der Waals surface area contributed by atoms with E-state index >= 15 is 0 Å². The Morgan fingerprint density at radius 1 is 0.958 bits per heavy atom. The minimum Gasteiger partial charge on any atom is -0.497 e. The zero-order valence-corrected chi connectivity index (χ0v) is 13.8. The highest BCUT2D eigenvalue weighted by molar-refractivity contribution is 5.96. The van der Waals surface area contributed by atoms with E-state index in [0.29, 0.717) is 17.1 Å². The fraction of sp³-hybridized carbons (Fsp3) is 0.222. The number of ether oxygens (including phenoxy) is 2. The molecule has 0 fully saturated rings. The molecule has 6 nitrogen and oxygen atoms in total. The van der Waals surface area contributed by atoms with Gasteiger partial charge in [-0.05, 0) is 49.7 Å². The lowest BCUT2D eigenvalue weighted by atomic mass is 10.1. The van der Waals surface area contributed by atoms with Gasteiger partial charge in [-0.3, -0.25) is 20.4 Å². The van der Waals surface area contributed by atoms with Crippen molar-refractivity contribution in [1.82, 2.24) is 10.9 Å². The van der Waals surface area contributed by atoms with E-state index in [9.17, 15) is 9.59 Å². The van der Waals surface area contributed by atoms with Gasteiger partial charge in [-0.1, -0.05) is 18.2 Å². The summed E-state index contributed by atoms with van der Waals surface area (Å²) in [6.45, 7) is 3.42. The van der Waals surface area contributed by atoms with Gasteiger partial charge >= 0.3 is 0 Å². The van der Waals surface area contributed by atoms with E-state index in [2.05, 4.69) is 10.9 Å². The van der Waals surface area contributed by atoms with E-state index in [1.54, 1.807) is 50.4 Å². The first-order chi connectivity index (χ1) is 11.5. The molecule has 2 aromatic carbocycles. The highest BCUT2D eigenvalue weighted by Gasteiger charge is 2.16. The molecule has 0 saturated heterocycles. The maximum atomic E-state index is 12.0. The third kappa shape index (κ3) is 4.49. The Kier molecular flexibility index (Phi) is 5.78. The van der Waals surface area contributed by atoms with Gasteiger partial charge < -0.3 is 9.47 Å². The molecule has 0 bridgehead atoms. The maximum absolute atomic E-state index is 12.0. The van der Waals surface area contributed by atoms with Crippen LogP contribution in [0.3, 0.4) is 0 Å². The van der Waals surface area contributed by atoms with Crippen molar-refractivity contribution >= 4 is 11.8 Å². The molecule has 0 saturated carbocycles. The molecule has 6 heteroatoms. The van der Waals surface area contributed by atoms with Crippen LogP contribution in [0.4, 0.5) is 0 Å². The Morgan fingerprint density at radius 2 is 1.58 bits per heavy atom. The second kappa shape index (κ2) is 8.01. The van der Waals surface area contributed by atoms with E-state index in [-0.39, 0.29) is 5.91 Å². The summed E-state index contributed by atoms with van der Waals surface area (Å²) >= 11 is 0. The van der Waals surface area contributed by atoms with Crippen LogP contribution in [0, 0.1) is 6.92 Å². The number of rotatable bonds is 5. The van der Waals surface area contributed by atoms with Crippen LogP contribution in [0.1, 0.15) is 22.8 Å². The van der Waals surface area contributed by atoms with Crippen molar-refractivity contribution in [3.63, 3.8) is 0 Å². The van der Waals surface area contributed by atoms with Gasteiger partial charge in [0.05, 0.1) is 7.11 Å². The highest BCUT2D eigenvalue weighted by Crippen LogP contribution is 2.18. The predicted octanol–water partition coefficient (Wildman–Crippen LogP) is 2.23. The first-order valence-corrected chi connectivity index (χ1v) is 7.48. The normalized spacial score (nSPS) is 11.3. The minimum atomic E-state index is -0.768. The standard InChI is InChI=1S/C18H20N2O4/c1-12-6-4-5-7-16(12)18(22)20-19-17(21)13(2)24-15-10-8-14(23-3)9-11-15/h4-11,13H,1-3H3,(H,19,21)(H,20,22). The topological polar surface area (TPSA) is 76.7 Å². The molecule has 0 heterocycles. The van der Waals surface area contributed by atoms with Gasteiger partial charge in [0, 0.05) is 5.56 Å². The van der Waals surface area contributed by atoms with E-state index < -0.39 is 12.0 Å². The van der Waals surface area contributed by atoms with E-state index in [1.165, 1.54) is 0 Å². The number of carbonyl (C=O) groups excluding carboxylic acids is 2. The molecule has 0 aliphatic heterocycles. The molecule has 0 radical (unpaired) electrons. The highest BCUT2D eigenvalue weighted by atomic mass is 16.5. The minimum absolute atomic E-state index is 0.377. The Bertz CT molecular complexity index is 713. The summed E-state index contributed by atoms with van der Waals surface area (Å²) in [5, 5.41) is 0. The summed E-state index contributed by atoms with van der Waals surface area (Å²) in [5.41, 5.74) is 6.08. The van der Waals surface area contributed by atoms with E-state index in [0.717, 1.165) is 5.56 Å². The summed E-state index contributed by atoms with van der Waals surface area (Å²) in [6, 6.07) is 14.0. The van der Waals surface area contributed by atoms with Gasteiger partial charge in [-0.25, -0.2) is 0 Å². The first-order valence-electron chi connectivity index (χ1n) is 7.48. The lowest BCUT2D eigenvalue weighted by Crippen LogP contribution is -2.47. The Balaban J connectivity index is 1.87. The van der Waals surface area contributed by atoms with Gasteiger partial charge in [0.15, 0.2) is 6.10 Å². The molecular weight excluding hydrogens is 308 g/mol. The number of hydrogen-bond donors (Lipinski definition) is 2. The molecule has 0 aliphatic rings. The first kappa shape index (κ1) is 17.3. The summed E-state index contributed by atoms with van der Waals surface area (Å²) in [4.78, 5) is 24.1. The fourth-order valence-corrected chi connectivity index (χ4v) is 2.03. The number of methoxy groups -OCH3 is 1. The molecule has 2 aromatic rings. The van der Waals surface area contributed by atoms with Crippen LogP contribution >= 0.6 is 0 Å². The molecule has 2 rings (SSSR count). The molecule has 24 heavy (non-hydrogen) atoms. The maximum Gasteiger partial charge on any atom is 0.279 e. The summed E-state index contributed by atoms with van der Waals surface area (Å²) in [5.74, 6) is 0.402. The lowest BCUT2D eigenvalue weighted by Gasteiger charge is -2.15. The van der Waals surface area contributed by atoms with E-state index in [1.807, 2.05) is 19.1 Å². The quantitative estimate of drug-likeness (QED) is 0.825. The van der Waals surface area contributed by atoms with Crippen molar-refractivity contribution in [2.75, 3.05) is 7.11 Å². The smallest absolute Gasteiger partial charge is 0.279 e. The third-order valence-corrected chi connectivity index (χ3v) is 3.43. The molecule has 0 spiro atoms. The van der Waals surface area contributed by atoms with Crippen LogP contribution in [-0.4, -0.2) is 25.0 Å². The van der Waals surface area contributed by atoms with Crippen LogP contribution in [0.5, 0.6) is 11.5 Å². The Morgan fingerprint density at radius 3 is 2.21 bits per heavy atom. The number of carbonyl (C=O) groups is 2. The van der Waals surface area contributed by atoms with Crippen LogP contribution in [0.25, 0.3) is 0 Å². The zero-order valence-electron chi connectivity index (χ0n) is 13.8. The average molecular weight is 328 g/mol. The number of hydrogen-bond acceptors (Lipinski definition) is 4. The number of hydrazine groups is 1. The average Bonchev–Trinajstić information content (AvgIpc) is 2.60. The Hall–Kier alpha value is -3.02. The van der Waals surface area contributed by atoms with Crippen molar-refractivity contribution < 1.29 is 19.1 Å². The van der Waals surface area contributed by atoms with E-state index in [4.69, 9.17) is 9.47 Å². The van der Waals surface area contributed by atoms with Crippen molar-refractivity contribution in [1.29, 1.82) is 0 Å². The Labute approximate surface area is 140 Å². The summed E-state index contributed by atoms with van der Waals surface area (Å²) in [6.07, 6.45) is -0.768. The van der Waals surface area contributed by atoms with Crippen molar-refractivity contribution in [2.24, 2.45) is 0 Å². The molecular formula is C18H20N2O4. The van der Waals surface area contributed by atoms with Gasteiger partial charge in [0.2, 0.25) is 0 Å². The number of aryl methyl sites for hydroxylation is 1. The fourth-order valence-electron chi connectivity index (χ4n) is 2.03. The van der Waals surface area contributed by atoms with Crippen LogP contribution in [0.2, 0.25) is 0 Å². The molecule has 2 N–H and O–H groups in total. The van der Waals surface area contributed by atoms with Crippen LogP contribution in [0.15, 0.2) is 48.5 Å². The molecule has 126 valence electrons. The third-order valence-electron chi connectivity index (χ3n) is 3.43. The second-order valence-corrected chi connectivity index (χ2v) is 5.19. The largest absolute Gasteiger partial charge is 0.497 e. The van der Waals surface area contributed by atoms with Crippen molar-refractivity contribution in [3.05, 3.63) is 59.7 Å². The molecule has 0 aliphatic carbocycles. The van der Waals surface area contributed by atoms with Gasteiger partial charge in [0.1, 0.15) is 11.5 Å². The van der Waals surface area contributed by atoms with Gasteiger partial charge in [-0.15, -0.1) is 0 Å². The monoisotopic (exact) mass is 328 g/mol. The number of amides is 2. The second-order valence-electron chi connectivity index (χ2n) is 5.19. The summed E-state index contributed by atoms with van der Waals surface area (Å²) < 4.78 is 10.6. The molecule has 1 atom stereocenters.